The topological polar surface area (TPSA) is 89.3 Å². The van der Waals surface area contributed by atoms with Gasteiger partial charge in [-0.25, -0.2) is 8.42 Å². The van der Waals surface area contributed by atoms with Crippen molar-refractivity contribution in [2.75, 3.05) is 4.72 Å². The second-order valence-corrected chi connectivity index (χ2v) is 6.94. The van der Waals surface area contributed by atoms with Gasteiger partial charge in [-0.2, -0.15) is 0 Å². The van der Waals surface area contributed by atoms with Crippen LogP contribution in [0.3, 0.4) is 0 Å². The molecule has 0 aromatic heterocycles. The van der Waals surface area contributed by atoms with Crippen molar-refractivity contribution in [1.82, 2.24) is 0 Å². The zero-order valence-corrected chi connectivity index (χ0v) is 13.3. The van der Waals surface area contributed by atoms with Crippen LogP contribution < -0.4 is 4.72 Å². The molecule has 0 bridgehead atoms. The van der Waals surface area contributed by atoms with Gasteiger partial charge in [0.2, 0.25) is 0 Å². The van der Waals surface area contributed by atoms with Crippen LogP contribution >= 0.6 is 15.9 Å². The van der Waals surface area contributed by atoms with Crippen molar-refractivity contribution in [2.24, 2.45) is 0 Å². The summed E-state index contributed by atoms with van der Waals surface area (Å²) in [5.41, 5.74) is 0.373. The van der Waals surface area contributed by atoms with Crippen molar-refractivity contribution in [3.05, 3.63) is 62.6 Å². The summed E-state index contributed by atoms with van der Waals surface area (Å²) in [4.78, 5) is 10.4. The molecule has 0 aliphatic heterocycles. The van der Waals surface area contributed by atoms with Gasteiger partial charge < -0.3 is 0 Å². The molecule has 2 rings (SSSR count). The average Bonchev–Trinajstić information content (AvgIpc) is 2.38. The molecule has 0 aliphatic carbocycles. The molecule has 6 nitrogen and oxygen atoms in total. The molecule has 8 heteroatoms. The zero-order valence-electron chi connectivity index (χ0n) is 10.9. The summed E-state index contributed by atoms with van der Waals surface area (Å²) in [5, 5.41) is 11.0. The molecule has 21 heavy (non-hydrogen) atoms. The number of anilines is 1. The van der Waals surface area contributed by atoms with Gasteiger partial charge in [0.15, 0.2) is 0 Å². The Labute approximate surface area is 130 Å². The number of halogens is 1. The first-order chi connectivity index (χ1) is 9.79. The number of aryl methyl sites for hydroxylation is 1. The fourth-order valence-corrected chi connectivity index (χ4v) is 3.04. The summed E-state index contributed by atoms with van der Waals surface area (Å²) < 4.78 is 27.5. The summed E-state index contributed by atoms with van der Waals surface area (Å²) in [6.45, 7) is 1.72. The Morgan fingerprint density at radius 2 is 1.76 bits per heavy atom. The molecule has 0 unspecified atom stereocenters. The minimum atomic E-state index is -3.88. The van der Waals surface area contributed by atoms with E-state index in [1.807, 2.05) is 0 Å². The fourth-order valence-electron chi connectivity index (χ4n) is 1.71. The van der Waals surface area contributed by atoms with Gasteiger partial charge in [0.25, 0.3) is 15.7 Å². The van der Waals surface area contributed by atoms with Crippen LogP contribution in [0.1, 0.15) is 5.56 Å². The summed E-state index contributed by atoms with van der Waals surface area (Å²) in [5.74, 6) is 0. The van der Waals surface area contributed by atoms with E-state index in [0.717, 1.165) is 4.47 Å². The van der Waals surface area contributed by atoms with E-state index in [9.17, 15) is 18.5 Å². The Morgan fingerprint density at radius 1 is 1.14 bits per heavy atom. The number of nitrogens with zero attached hydrogens (tertiary/aromatic N) is 1. The first-order valence-corrected chi connectivity index (χ1v) is 8.10. The average molecular weight is 371 g/mol. The molecule has 0 amide bonds. The van der Waals surface area contributed by atoms with Gasteiger partial charge in [-0.3, -0.25) is 14.8 Å². The van der Waals surface area contributed by atoms with Crippen LogP contribution in [0.25, 0.3) is 0 Å². The van der Waals surface area contributed by atoms with Crippen LogP contribution in [-0.2, 0) is 10.0 Å². The quantitative estimate of drug-likeness (QED) is 0.658. The number of benzene rings is 2. The number of nitro groups is 1. The molecule has 2 aromatic carbocycles. The maximum absolute atomic E-state index is 12.2. The summed E-state index contributed by atoms with van der Waals surface area (Å²) in [7, 11) is -3.88. The Hall–Kier alpha value is -1.93. The predicted molar refractivity (Wildman–Crippen MR) is 82.8 cm³/mol. The molecular weight excluding hydrogens is 360 g/mol. The van der Waals surface area contributed by atoms with Crippen LogP contribution in [0, 0.1) is 17.0 Å². The molecule has 0 spiro atoms. The summed E-state index contributed by atoms with van der Waals surface area (Å²) >= 11 is 3.21. The lowest BCUT2D eigenvalue weighted by Crippen LogP contribution is -2.14. The number of hydrogen-bond acceptors (Lipinski definition) is 4. The minimum absolute atomic E-state index is 0.0292. The molecule has 0 atom stereocenters. The highest BCUT2D eigenvalue weighted by molar-refractivity contribution is 9.10. The lowest BCUT2D eigenvalue weighted by atomic mass is 10.2. The van der Waals surface area contributed by atoms with E-state index in [4.69, 9.17) is 0 Å². The van der Waals surface area contributed by atoms with E-state index < -0.39 is 14.9 Å². The van der Waals surface area contributed by atoms with Crippen LogP contribution in [0.2, 0.25) is 0 Å². The van der Waals surface area contributed by atoms with Crippen molar-refractivity contribution in [2.45, 2.75) is 11.8 Å². The van der Waals surface area contributed by atoms with Crippen molar-refractivity contribution in [3.63, 3.8) is 0 Å². The number of rotatable bonds is 4. The smallest absolute Gasteiger partial charge is 0.273 e. The fraction of sp³-hybridized carbons (Fsp3) is 0.0769. The zero-order chi connectivity index (χ0) is 15.6. The Kier molecular flexibility index (Phi) is 4.29. The number of nitrogens with one attached hydrogen (secondary N) is 1. The molecule has 0 heterocycles. The van der Waals surface area contributed by atoms with Gasteiger partial charge in [-0.15, -0.1) is 0 Å². The first-order valence-electron chi connectivity index (χ1n) is 5.83. The molecule has 0 fully saturated rings. The summed E-state index contributed by atoms with van der Waals surface area (Å²) in [6.07, 6.45) is 0. The second-order valence-electron chi connectivity index (χ2n) is 4.34. The third-order valence-electron chi connectivity index (χ3n) is 2.72. The first kappa shape index (κ1) is 15.5. The Balaban J connectivity index is 2.43. The molecule has 1 N–H and O–H groups in total. The van der Waals surface area contributed by atoms with Crippen molar-refractivity contribution < 1.29 is 13.3 Å². The highest BCUT2D eigenvalue weighted by Gasteiger charge is 2.20. The largest absolute Gasteiger partial charge is 0.293 e. The lowest BCUT2D eigenvalue weighted by molar-refractivity contribution is -0.383. The maximum Gasteiger partial charge on any atom is 0.293 e. The second kappa shape index (κ2) is 5.82. The van der Waals surface area contributed by atoms with E-state index in [1.165, 1.54) is 24.3 Å². The van der Waals surface area contributed by atoms with Gasteiger partial charge in [-0.05, 0) is 42.8 Å². The SMILES string of the molecule is Cc1ccc([N+](=O)[O-])c(NS(=O)(=O)c2ccc(Br)cc2)c1. The number of sulfonamides is 1. The molecule has 2 aromatic rings. The van der Waals surface area contributed by atoms with Gasteiger partial charge >= 0.3 is 0 Å². The molecular formula is C13H11BrN2O4S. The molecule has 0 radical (unpaired) electrons. The monoisotopic (exact) mass is 370 g/mol. The predicted octanol–water partition coefficient (Wildman–Crippen LogP) is 3.47. The van der Waals surface area contributed by atoms with Crippen LogP contribution in [0.4, 0.5) is 11.4 Å². The molecule has 0 aliphatic rings. The third kappa shape index (κ3) is 3.59. The van der Waals surface area contributed by atoms with Gasteiger partial charge in [0, 0.05) is 10.5 Å². The molecule has 0 saturated heterocycles. The maximum atomic E-state index is 12.2. The van der Waals surface area contributed by atoms with Crippen molar-refractivity contribution in [3.8, 4) is 0 Å². The number of hydrogen-bond donors (Lipinski definition) is 1. The number of nitro benzene ring substituents is 1. The Morgan fingerprint density at radius 3 is 2.33 bits per heavy atom. The molecule has 0 saturated carbocycles. The highest BCUT2D eigenvalue weighted by Crippen LogP contribution is 2.28. The van der Waals surface area contributed by atoms with E-state index in [-0.39, 0.29) is 16.3 Å². The van der Waals surface area contributed by atoms with E-state index in [2.05, 4.69) is 20.7 Å². The minimum Gasteiger partial charge on any atom is -0.273 e. The third-order valence-corrected chi connectivity index (χ3v) is 4.63. The van der Waals surface area contributed by atoms with Gasteiger partial charge in [-0.1, -0.05) is 22.0 Å². The van der Waals surface area contributed by atoms with E-state index in [0.29, 0.717) is 5.56 Å². The van der Waals surface area contributed by atoms with Crippen LogP contribution in [-0.4, -0.2) is 13.3 Å². The van der Waals surface area contributed by atoms with Gasteiger partial charge in [0.05, 0.1) is 9.82 Å². The normalized spacial score (nSPS) is 11.1. The standard InChI is InChI=1S/C13H11BrN2O4S/c1-9-2-7-13(16(17)18)12(8-9)15-21(19,20)11-5-3-10(14)4-6-11/h2-8,15H,1H3. The van der Waals surface area contributed by atoms with E-state index >= 15 is 0 Å². The van der Waals surface area contributed by atoms with Crippen molar-refractivity contribution in [1.29, 1.82) is 0 Å². The van der Waals surface area contributed by atoms with Gasteiger partial charge in [0.1, 0.15) is 5.69 Å². The van der Waals surface area contributed by atoms with Crippen molar-refractivity contribution >= 4 is 37.3 Å². The summed E-state index contributed by atoms with van der Waals surface area (Å²) in [6, 6.07) is 10.2. The molecule has 110 valence electrons. The van der Waals surface area contributed by atoms with E-state index in [1.54, 1.807) is 25.1 Å². The lowest BCUT2D eigenvalue weighted by Gasteiger charge is -2.09. The highest BCUT2D eigenvalue weighted by atomic mass is 79.9. The van der Waals surface area contributed by atoms with Crippen LogP contribution in [0.15, 0.2) is 51.8 Å². The Bertz CT molecular complexity index is 788. The van der Waals surface area contributed by atoms with Crippen LogP contribution in [0.5, 0.6) is 0 Å².